The number of nitrogens with one attached hydrogen (secondary N) is 1. The van der Waals surface area contributed by atoms with Crippen LogP contribution in [0.2, 0.25) is 0 Å². The Hall–Kier alpha value is -0.820. The summed E-state index contributed by atoms with van der Waals surface area (Å²) < 4.78 is 0. The average Bonchev–Trinajstić information content (AvgIpc) is 2.04. The SMILES string of the molecule is [c]1cccc(CNC2CCC2)c1. The summed E-state index contributed by atoms with van der Waals surface area (Å²) in [4.78, 5) is 0. The molecule has 1 radical (unpaired) electrons. The molecule has 2 rings (SSSR count). The average molecular weight is 160 g/mol. The van der Waals surface area contributed by atoms with Crippen LogP contribution in [0.4, 0.5) is 0 Å². The lowest BCUT2D eigenvalue weighted by Crippen LogP contribution is -2.34. The van der Waals surface area contributed by atoms with E-state index in [-0.39, 0.29) is 0 Å². The molecule has 1 aliphatic rings. The van der Waals surface area contributed by atoms with E-state index in [0.717, 1.165) is 12.6 Å². The van der Waals surface area contributed by atoms with Crippen molar-refractivity contribution in [1.82, 2.24) is 5.32 Å². The summed E-state index contributed by atoms with van der Waals surface area (Å²) in [7, 11) is 0. The maximum atomic E-state index is 3.52. The van der Waals surface area contributed by atoms with Crippen molar-refractivity contribution in [3.8, 4) is 0 Å². The zero-order valence-corrected chi connectivity index (χ0v) is 7.22. The molecule has 1 heteroatoms. The third-order valence-electron chi connectivity index (χ3n) is 2.47. The van der Waals surface area contributed by atoms with Crippen molar-refractivity contribution in [3.05, 3.63) is 35.9 Å². The molecule has 63 valence electrons. The molecule has 1 N–H and O–H groups in total. The molecule has 1 fully saturated rings. The fourth-order valence-electron chi connectivity index (χ4n) is 1.42. The highest BCUT2D eigenvalue weighted by Gasteiger charge is 2.15. The molecular weight excluding hydrogens is 146 g/mol. The van der Waals surface area contributed by atoms with Gasteiger partial charge in [-0.15, -0.1) is 0 Å². The third kappa shape index (κ3) is 1.86. The Balaban J connectivity index is 1.79. The fourth-order valence-corrected chi connectivity index (χ4v) is 1.42. The lowest BCUT2D eigenvalue weighted by atomic mass is 9.93. The highest BCUT2D eigenvalue weighted by Crippen LogP contribution is 2.18. The molecule has 1 saturated carbocycles. The van der Waals surface area contributed by atoms with Gasteiger partial charge in [-0.25, -0.2) is 0 Å². The molecule has 12 heavy (non-hydrogen) atoms. The molecule has 0 bridgehead atoms. The first-order valence-corrected chi connectivity index (χ1v) is 4.63. The number of hydrogen-bond donors (Lipinski definition) is 1. The highest BCUT2D eigenvalue weighted by molar-refractivity contribution is 5.13. The molecule has 1 aromatic rings. The van der Waals surface area contributed by atoms with Crippen molar-refractivity contribution in [2.75, 3.05) is 0 Å². The van der Waals surface area contributed by atoms with Gasteiger partial charge in [-0.2, -0.15) is 0 Å². The Morgan fingerprint density at radius 3 is 3.00 bits per heavy atom. The topological polar surface area (TPSA) is 12.0 Å². The zero-order chi connectivity index (χ0) is 8.23. The summed E-state index contributed by atoms with van der Waals surface area (Å²) in [5, 5.41) is 3.52. The van der Waals surface area contributed by atoms with Gasteiger partial charge in [0.15, 0.2) is 0 Å². The van der Waals surface area contributed by atoms with Crippen LogP contribution in [0.25, 0.3) is 0 Å². The molecule has 0 aliphatic heterocycles. The predicted octanol–water partition coefficient (Wildman–Crippen LogP) is 2.13. The minimum absolute atomic E-state index is 0.783. The Morgan fingerprint density at radius 1 is 1.50 bits per heavy atom. The van der Waals surface area contributed by atoms with Crippen LogP contribution in [-0.2, 0) is 6.54 Å². The van der Waals surface area contributed by atoms with Crippen LogP contribution in [0.15, 0.2) is 24.3 Å². The van der Waals surface area contributed by atoms with Crippen LogP contribution < -0.4 is 5.32 Å². The monoisotopic (exact) mass is 160 g/mol. The van der Waals surface area contributed by atoms with E-state index in [1.807, 2.05) is 18.2 Å². The van der Waals surface area contributed by atoms with Gasteiger partial charge in [0, 0.05) is 12.6 Å². The van der Waals surface area contributed by atoms with Crippen LogP contribution in [0.5, 0.6) is 0 Å². The first kappa shape index (κ1) is 7.81. The van der Waals surface area contributed by atoms with E-state index in [1.165, 1.54) is 24.8 Å². The standard InChI is InChI=1S/C11H14N/c1-2-5-10(6-3-1)9-12-11-7-4-8-11/h1-2,5-6,11-12H,4,7-9H2. The molecule has 0 spiro atoms. The number of benzene rings is 1. The Bertz CT molecular complexity index is 226. The van der Waals surface area contributed by atoms with E-state index >= 15 is 0 Å². The van der Waals surface area contributed by atoms with Gasteiger partial charge in [0.25, 0.3) is 0 Å². The summed E-state index contributed by atoms with van der Waals surface area (Å²) in [5.41, 5.74) is 1.34. The smallest absolute Gasteiger partial charge is 0.0208 e. The second kappa shape index (κ2) is 3.72. The van der Waals surface area contributed by atoms with Crippen LogP contribution in [0.1, 0.15) is 24.8 Å². The molecule has 1 aliphatic carbocycles. The summed E-state index contributed by atoms with van der Waals surface area (Å²) in [6.07, 6.45) is 4.12. The van der Waals surface area contributed by atoms with E-state index in [9.17, 15) is 0 Å². The van der Waals surface area contributed by atoms with Gasteiger partial charge in [-0.05, 0) is 30.5 Å². The van der Waals surface area contributed by atoms with Gasteiger partial charge >= 0.3 is 0 Å². The summed E-state index contributed by atoms with van der Waals surface area (Å²) >= 11 is 0. The highest BCUT2D eigenvalue weighted by atomic mass is 14.9. The second-order valence-electron chi connectivity index (χ2n) is 3.42. The summed E-state index contributed by atoms with van der Waals surface area (Å²) in [6.45, 7) is 1.00. The van der Waals surface area contributed by atoms with Gasteiger partial charge in [0.1, 0.15) is 0 Å². The lowest BCUT2D eigenvalue weighted by Gasteiger charge is -2.26. The summed E-state index contributed by atoms with van der Waals surface area (Å²) in [5.74, 6) is 0. The van der Waals surface area contributed by atoms with E-state index in [0.29, 0.717) is 0 Å². The van der Waals surface area contributed by atoms with E-state index in [1.54, 1.807) is 0 Å². The number of hydrogen-bond acceptors (Lipinski definition) is 1. The Morgan fingerprint density at radius 2 is 2.42 bits per heavy atom. The van der Waals surface area contributed by atoms with Crippen molar-refractivity contribution in [1.29, 1.82) is 0 Å². The molecule has 0 aromatic heterocycles. The van der Waals surface area contributed by atoms with Crippen LogP contribution in [-0.4, -0.2) is 6.04 Å². The summed E-state index contributed by atoms with van der Waals surface area (Å²) in [6, 6.07) is 12.0. The lowest BCUT2D eigenvalue weighted by molar-refractivity contribution is 0.338. The van der Waals surface area contributed by atoms with E-state index in [4.69, 9.17) is 0 Å². The van der Waals surface area contributed by atoms with Crippen molar-refractivity contribution in [3.63, 3.8) is 0 Å². The molecule has 0 unspecified atom stereocenters. The van der Waals surface area contributed by atoms with Gasteiger partial charge < -0.3 is 5.32 Å². The normalized spacial score (nSPS) is 17.3. The molecule has 1 nitrogen and oxygen atoms in total. The van der Waals surface area contributed by atoms with Crippen LogP contribution >= 0.6 is 0 Å². The van der Waals surface area contributed by atoms with Gasteiger partial charge in [0.2, 0.25) is 0 Å². The predicted molar refractivity (Wildman–Crippen MR) is 49.8 cm³/mol. The first-order chi connectivity index (χ1) is 5.95. The maximum absolute atomic E-state index is 3.52. The largest absolute Gasteiger partial charge is 0.310 e. The molecule has 0 saturated heterocycles. The van der Waals surface area contributed by atoms with Crippen molar-refractivity contribution in [2.45, 2.75) is 31.8 Å². The van der Waals surface area contributed by atoms with E-state index in [2.05, 4.69) is 17.4 Å². The molecule has 0 amide bonds. The second-order valence-corrected chi connectivity index (χ2v) is 3.42. The Kier molecular flexibility index (Phi) is 2.42. The van der Waals surface area contributed by atoms with Gasteiger partial charge in [-0.3, -0.25) is 0 Å². The molecule has 0 heterocycles. The van der Waals surface area contributed by atoms with Gasteiger partial charge in [-0.1, -0.05) is 24.6 Å². The quantitative estimate of drug-likeness (QED) is 0.714. The number of rotatable bonds is 3. The molecule has 1 aromatic carbocycles. The van der Waals surface area contributed by atoms with Crippen molar-refractivity contribution < 1.29 is 0 Å². The minimum Gasteiger partial charge on any atom is -0.310 e. The van der Waals surface area contributed by atoms with Crippen molar-refractivity contribution in [2.24, 2.45) is 0 Å². The van der Waals surface area contributed by atoms with E-state index < -0.39 is 0 Å². The maximum Gasteiger partial charge on any atom is 0.0208 e. The zero-order valence-electron chi connectivity index (χ0n) is 7.22. The molecule has 0 atom stereocenters. The van der Waals surface area contributed by atoms with Gasteiger partial charge in [0.05, 0.1) is 0 Å². The molecular formula is C11H14N. The fraction of sp³-hybridized carbons (Fsp3) is 0.455. The first-order valence-electron chi connectivity index (χ1n) is 4.63. The van der Waals surface area contributed by atoms with Crippen molar-refractivity contribution >= 4 is 0 Å². The van der Waals surface area contributed by atoms with Crippen LogP contribution in [0, 0.1) is 6.07 Å². The Labute approximate surface area is 73.8 Å². The third-order valence-corrected chi connectivity index (χ3v) is 2.47. The van der Waals surface area contributed by atoms with Crippen LogP contribution in [0.3, 0.4) is 0 Å². The minimum atomic E-state index is 0.783.